The largest absolute Gasteiger partial charge is 0.423 e. The molecule has 0 atom stereocenters. The maximum Gasteiger partial charge on any atom is 0.343 e. The zero-order valence-electron chi connectivity index (χ0n) is 13.1. The molecular formula is C19H22O2. The van der Waals surface area contributed by atoms with Gasteiger partial charge in [-0.05, 0) is 48.6 Å². The number of aryl methyl sites for hydroxylation is 1. The van der Waals surface area contributed by atoms with Crippen molar-refractivity contribution >= 4 is 5.97 Å². The average Bonchev–Trinajstić information content (AvgIpc) is 2.48. The smallest absolute Gasteiger partial charge is 0.343 e. The summed E-state index contributed by atoms with van der Waals surface area (Å²) in [7, 11) is 0. The Balaban J connectivity index is 2.10. The van der Waals surface area contributed by atoms with Gasteiger partial charge in [-0.3, -0.25) is 0 Å². The van der Waals surface area contributed by atoms with Crippen molar-refractivity contribution in [3.63, 3.8) is 0 Å². The van der Waals surface area contributed by atoms with Crippen molar-refractivity contribution in [1.29, 1.82) is 0 Å². The molecule has 2 aromatic carbocycles. The van der Waals surface area contributed by atoms with Gasteiger partial charge in [0, 0.05) is 0 Å². The number of carbonyl (C=O) groups is 1. The van der Waals surface area contributed by atoms with Gasteiger partial charge in [-0.2, -0.15) is 0 Å². The summed E-state index contributed by atoms with van der Waals surface area (Å²) in [5.74, 6) is 0.258. The normalized spacial score (nSPS) is 11.2. The van der Waals surface area contributed by atoms with Crippen molar-refractivity contribution in [2.75, 3.05) is 0 Å². The predicted octanol–water partition coefficient (Wildman–Crippen LogP) is 4.90. The van der Waals surface area contributed by atoms with Gasteiger partial charge in [-0.15, -0.1) is 0 Å². The highest BCUT2D eigenvalue weighted by Crippen LogP contribution is 2.28. The molecular weight excluding hydrogens is 260 g/mol. The van der Waals surface area contributed by atoms with E-state index in [1.54, 1.807) is 12.1 Å². The van der Waals surface area contributed by atoms with Crippen LogP contribution < -0.4 is 4.74 Å². The Morgan fingerprint density at radius 1 is 1.00 bits per heavy atom. The zero-order valence-corrected chi connectivity index (χ0v) is 13.1. The highest BCUT2D eigenvalue weighted by atomic mass is 16.5. The molecule has 2 rings (SSSR count). The van der Waals surface area contributed by atoms with Crippen LogP contribution >= 0.6 is 0 Å². The SMILES string of the molecule is CCC(C)(C)c1ccc(OC(=O)c2ccc(C)cc2)cc1. The van der Waals surface area contributed by atoms with Gasteiger partial charge in [-0.25, -0.2) is 4.79 Å². The van der Waals surface area contributed by atoms with E-state index in [0.717, 1.165) is 12.0 Å². The summed E-state index contributed by atoms with van der Waals surface area (Å²) in [6, 6.07) is 15.2. The van der Waals surface area contributed by atoms with Gasteiger partial charge >= 0.3 is 5.97 Å². The first-order chi connectivity index (χ1) is 9.92. The fourth-order valence-corrected chi connectivity index (χ4v) is 2.03. The van der Waals surface area contributed by atoms with Crippen LogP contribution in [0.15, 0.2) is 48.5 Å². The minimum absolute atomic E-state index is 0.138. The summed E-state index contributed by atoms with van der Waals surface area (Å²) in [4.78, 5) is 12.0. The van der Waals surface area contributed by atoms with Gasteiger partial charge in [0.15, 0.2) is 0 Å². The first-order valence-electron chi connectivity index (χ1n) is 7.32. The average molecular weight is 282 g/mol. The summed E-state index contributed by atoms with van der Waals surface area (Å²) < 4.78 is 5.40. The van der Waals surface area contributed by atoms with Crippen LogP contribution in [0.2, 0.25) is 0 Å². The Bertz CT molecular complexity index is 607. The Morgan fingerprint density at radius 2 is 1.57 bits per heavy atom. The van der Waals surface area contributed by atoms with Gasteiger partial charge in [0.05, 0.1) is 5.56 Å². The molecule has 0 amide bonds. The van der Waals surface area contributed by atoms with Gasteiger partial charge in [0.2, 0.25) is 0 Å². The molecule has 0 heterocycles. The third-order valence-electron chi connectivity index (χ3n) is 4.02. The van der Waals surface area contributed by atoms with Crippen LogP contribution in [-0.4, -0.2) is 5.97 Å². The number of hydrogen-bond donors (Lipinski definition) is 0. The molecule has 2 nitrogen and oxygen atoms in total. The maximum atomic E-state index is 12.0. The van der Waals surface area contributed by atoms with Crippen LogP contribution in [0.5, 0.6) is 5.75 Å². The Hall–Kier alpha value is -2.09. The van der Waals surface area contributed by atoms with Gasteiger partial charge < -0.3 is 4.74 Å². The lowest BCUT2D eigenvalue weighted by Crippen LogP contribution is -2.15. The molecule has 2 aromatic rings. The standard InChI is InChI=1S/C19H22O2/c1-5-19(3,4)16-10-12-17(13-11-16)21-18(20)15-8-6-14(2)7-9-15/h6-13H,5H2,1-4H3. The van der Waals surface area contributed by atoms with Crippen LogP contribution in [0.25, 0.3) is 0 Å². The first kappa shape index (κ1) is 15.3. The molecule has 0 fully saturated rings. The van der Waals surface area contributed by atoms with Crippen molar-refractivity contribution in [2.45, 2.75) is 39.5 Å². The molecule has 110 valence electrons. The number of carbonyl (C=O) groups excluding carboxylic acids is 1. The van der Waals surface area contributed by atoms with E-state index in [1.165, 1.54) is 5.56 Å². The maximum absolute atomic E-state index is 12.0. The monoisotopic (exact) mass is 282 g/mol. The number of esters is 1. The molecule has 0 saturated heterocycles. The van der Waals surface area contributed by atoms with Crippen LogP contribution in [0.4, 0.5) is 0 Å². The van der Waals surface area contributed by atoms with Crippen molar-refractivity contribution in [1.82, 2.24) is 0 Å². The number of hydrogen-bond acceptors (Lipinski definition) is 2. The second-order valence-corrected chi connectivity index (χ2v) is 6.02. The molecule has 0 bridgehead atoms. The third kappa shape index (κ3) is 3.72. The van der Waals surface area contributed by atoms with E-state index in [1.807, 2.05) is 43.3 Å². The molecule has 0 saturated carbocycles. The number of benzene rings is 2. The van der Waals surface area contributed by atoms with Gasteiger partial charge in [0.1, 0.15) is 5.75 Å². The molecule has 0 unspecified atom stereocenters. The van der Waals surface area contributed by atoms with Crippen molar-refractivity contribution in [3.05, 3.63) is 65.2 Å². The second-order valence-electron chi connectivity index (χ2n) is 6.02. The molecule has 0 aromatic heterocycles. The molecule has 0 aliphatic heterocycles. The molecule has 21 heavy (non-hydrogen) atoms. The highest BCUT2D eigenvalue weighted by Gasteiger charge is 2.18. The lowest BCUT2D eigenvalue weighted by Gasteiger charge is -2.23. The van der Waals surface area contributed by atoms with E-state index >= 15 is 0 Å². The van der Waals surface area contributed by atoms with E-state index in [9.17, 15) is 4.79 Å². The van der Waals surface area contributed by atoms with Gasteiger partial charge in [0.25, 0.3) is 0 Å². The van der Waals surface area contributed by atoms with Crippen LogP contribution in [0.3, 0.4) is 0 Å². The summed E-state index contributed by atoms with van der Waals surface area (Å²) in [5.41, 5.74) is 3.08. The van der Waals surface area contributed by atoms with Crippen LogP contribution in [0.1, 0.15) is 48.7 Å². The Morgan fingerprint density at radius 3 is 2.10 bits per heavy atom. The molecule has 0 N–H and O–H groups in total. The van der Waals surface area contributed by atoms with E-state index in [-0.39, 0.29) is 11.4 Å². The van der Waals surface area contributed by atoms with E-state index in [4.69, 9.17) is 4.74 Å². The molecule has 0 aliphatic carbocycles. The lowest BCUT2D eigenvalue weighted by atomic mass is 9.82. The topological polar surface area (TPSA) is 26.3 Å². The predicted molar refractivity (Wildman–Crippen MR) is 85.9 cm³/mol. The van der Waals surface area contributed by atoms with Crippen molar-refractivity contribution in [3.8, 4) is 5.75 Å². The fraction of sp³-hybridized carbons (Fsp3) is 0.316. The van der Waals surface area contributed by atoms with Gasteiger partial charge in [-0.1, -0.05) is 50.6 Å². The first-order valence-corrected chi connectivity index (χ1v) is 7.32. The quantitative estimate of drug-likeness (QED) is 0.589. The number of ether oxygens (including phenoxy) is 1. The molecule has 0 spiro atoms. The van der Waals surface area contributed by atoms with Crippen LogP contribution in [0, 0.1) is 6.92 Å². The van der Waals surface area contributed by atoms with E-state index in [2.05, 4.69) is 20.8 Å². The lowest BCUT2D eigenvalue weighted by molar-refractivity contribution is 0.0734. The summed E-state index contributed by atoms with van der Waals surface area (Å²) >= 11 is 0. The minimum atomic E-state index is -0.322. The van der Waals surface area contributed by atoms with E-state index < -0.39 is 0 Å². The summed E-state index contributed by atoms with van der Waals surface area (Å²) in [6.07, 6.45) is 1.06. The van der Waals surface area contributed by atoms with E-state index in [0.29, 0.717) is 11.3 Å². The Kier molecular flexibility index (Phi) is 4.46. The summed E-state index contributed by atoms with van der Waals surface area (Å²) in [6.45, 7) is 8.58. The molecule has 0 radical (unpaired) electrons. The van der Waals surface area contributed by atoms with Crippen molar-refractivity contribution < 1.29 is 9.53 Å². The molecule has 2 heteroatoms. The number of rotatable bonds is 4. The van der Waals surface area contributed by atoms with Crippen LogP contribution in [-0.2, 0) is 5.41 Å². The second kappa shape index (κ2) is 6.13. The fourth-order valence-electron chi connectivity index (χ4n) is 2.03. The zero-order chi connectivity index (χ0) is 15.5. The minimum Gasteiger partial charge on any atom is -0.423 e. The third-order valence-corrected chi connectivity index (χ3v) is 4.02. The highest BCUT2D eigenvalue weighted by molar-refractivity contribution is 5.91. The summed E-state index contributed by atoms with van der Waals surface area (Å²) in [5, 5.41) is 0. The Labute approximate surface area is 126 Å². The molecule has 0 aliphatic rings. The van der Waals surface area contributed by atoms with Crippen molar-refractivity contribution in [2.24, 2.45) is 0 Å².